The smallest absolute Gasteiger partial charge is 0.132 e. The van der Waals surface area contributed by atoms with E-state index in [-0.39, 0.29) is 12.0 Å². The van der Waals surface area contributed by atoms with Crippen LogP contribution in [0, 0.1) is 11.7 Å². The Morgan fingerprint density at radius 1 is 1.03 bits per heavy atom. The molecule has 7 heteroatoms. The lowest BCUT2D eigenvalue weighted by Gasteiger charge is -2.38. The number of anilines is 3. The topological polar surface area (TPSA) is 44.3 Å². The molecule has 4 aromatic rings. The molecule has 2 aliphatic rings. The fourth-order valence-electron chi connectivity index (χ4n) is 5.22. The number of aromatic nitrogens is 2. The standard InChI is InChI=1S/C27H25ClFN5/c1-33-12-9-17(10-13-33)27-32-24-16-30-11-8-25(24)34(27)26-15-23(20-14-18(28)6-7-21(20)29)31-22-5-3-2-4-19(22)26/h2-8,11,14-17,27,32H,9-10,12-13H2,1H3. The van der Waals surface area contributed by atoms with Crippen molar-refractivity contribution in [3.05, 3.63) is 77.8 Å². The van der Waals surface area contributed by atoms with Gasteiger partial charge in [0.1, 0.15) is 12.0 Å². The third-order valence-electron chi connectivity index (χ3n) is 7.01. The third kappa shape index (κ3) is 3.67. The largest absolute Gasteiger partial charge is 0.362 e. The number of nitrogens with one attached hydrogen (secondary N) is 1. The summed E-state index contributed by atoms with van der Waals surface area (Å²) in [5, 5.41) is 5.25. The van der Waals surface area contributed by atoms with Gasteiger partial charge in [0.15, 0.2) is 0 Å². The quantitative estimate of drug-likeness (QED) is 0.377. The highest BCUT2D eigenvalue weighted by Crippen LogP contribution is 2.46. The number of pyridine rings is 2. The molecular weight excluding hydrogens is 449 g/mol. The molecule has 34 heavy (non-hydrogen) atoms. The molecule has 1 atom stereocenters. The van der Waals surface area contributed by atoms with Crippen LogP contribution in [-0.4, -0.2) is 41.2 Å². The molecule has 4 heterocycles. The van der Waals surface area contributed by atoms with Crippen LogP contribution in [0.25, 0.3) is 22.2 Å². The van der Waals surface area contributed by atoms with Gasteiger partial charge in [-0.3, -0.25) is 4.98 Å². The highest BCUT2D eigenvalue weighted by atomic mass is 35.5. The van der Waals surface area contributed by atoms with Crippen LogP contribution in [0.3, 0.4) is 0 Å². The number of rotatable bonds is 3. The van der Waals surface area contributed by atoms with Gasteiger partial charge in [0.2, 0.25) is 0 Å². The van der Waals surface area contributed by atoms with Crippen molar-refractivity contribution in [2.24, 2.45) is 5.92 Å². The maximum absolute atomic E-state index is 14.9. The molecule has 172 valence electrons. The van der Waals surface area contributed by atoms with Gasteiger partial charge in [-0.2, -0.15) is 0 Å². The van der Waals surface area contributed by atoms with E-state index in [0.717, 1.165) is 53.9 Å². The van der Waals surface area contributed by atoms with E-state index >= 15 is 0 Å². The van der Waals surface area contributed by atoms with Crippen LogP contribution in [0.15, 0.2) is 67.0 Å². The molecule has 0 aliphatic carbocycles. The summed E-state index contributed by atoms with van der Waals surface area (Å²) in [4.78, 5) is 13.9. The Morgan fingerprint density at radius 3 is 2.71 bits per heavy atom. The second kappa shape index (κ2) is 8.53. The summed E-state index contributed by atoms with van der Waals surface area (Å²) in [6, 6.07) is 16.7. The average Bonchev–Trinajstić information content (AvgIpc) is 3.24. The Balaban J connectivity index is 1.55. The Labute approximate surface area is 203 Å². The average molecular weight is 474 g/mol. The maximum atomic E-state index is 14.9. The number of hydrogen-bond donors (Lipinski definition) is 1. The van der Waals surface area contributed by atoms with Crippen LogP contribution in [0.1, 0.15) is 12.8 Å². The van der Waals surface area contributed by atoms with Crippen molar-refractivity contribution in [2.75, 3.05) is 30.4 Å². The number of piperidine rings is 1. The highest BCUT2D eigenvalue weighted by Gasteiger charge is 2.37. The van der Waals surface area contributed by atoms with Crippen LogP contribution in [0.5, 0.6) is 0 Å². The van der Waals surface area contributed by atoms with E-state index in [0.29, 0.717) is 22.2 Å². The first-order valence-corrected chi connectivity index (χ1v) is 12.0. The molecule has 2 aliphatic heterocycles. The summed E-state index contributed by atoms with van der Waals surface area (Å²) in [7, 11) is 2.18. The highest BCUT2D eigenvalue weighted by molar-refractivity contribution is 6.30. The van der Waals surface area contributed by atoms with Crippen molar-refractivity contribution in [1.82, 2.24) is 14.9 Å². The first-order valence-electron chi connectivity index (χ1n) is 11.6. The molecule has 1 saturated heterocycles. The van der Waals surface area contributed by atoms with E-state index in [1.807, 2.05) is 42.7 Å². The van der Waals surface area contributed by atoms with Gasteiger partial charge >= 0.3 is 0 Å². The normalized spacial score (nSPS) is 18.8. The Kier molecular flexibility index (Phi) is 5.35. The molecule has 1 unspecified atom stereocenters. The van der Waals surface area contributed by atoms with E-state index in [1.54, 1.807) is 12.1 Å². The van der Waals surface area contributed by atoms with Crippen LogP contribution in [0.2, 0.25) is 5.02 Å². The summed E-state index contributed by atoms with van der Waals surface area (Å²) in [5.74, 6) is 0.121. The van der Waals surface area contributed by atoms with Crippen molar-refractivity contribution >= 4 is 39.6 Å². The zero-order valence-corrected chi connectivity index (χ0v) is 19.6. The van der Waals surface area contributed by atoms with Gasteiger partial charge in [0.25, 0.3) is 0 Å². The summed E-state index contributed by atoms with van der Waals surface area (Å²) < 4.78 is 14.9. The lowest BCUT2D eigenvalue weighted by molar-refractivity contribution is 0.206. The minimum atomic E-state index is -0.339. The van der Waals surface area contributed by atoms with Crippen LogP contribution in [-0.2, 0) is 0 Å². The fourth-order valence-corrected chi connectivity index (χ4v) is 5.39. The molecule has 2 aromatic carbocycles. The van der Waals surface area contributed by atoms with E-state index < -0.39 is 0 Å². The van der Waals surface area contributed by atoms with Gasteiger partial charge in [-0.1, -0.05) is 29.8 Å². The van der Waals surface area contributed by atoms with E-state index in [2.05, 4.69) is 33.2 Å². The SMILES string of the molecule is CN1CCC(C2Nc3cnccc3N2c2cc(-c3cc(Cl)ccc3F)nc3ccccc23)CC1. The van der Waals surface area contributed by atoms with Crippen molar-refractivity contribution in [3.8, 4) is 11.3 Å². The Bertz CT molecular complexity index is 1370. The number of hydrogen-bond acceptors (Lipinski definition) is 5. The monoisotopic (exact) mass is 473 g/mol. The number of fused-ring (bicyclic) bond motifs is 2. The van der Waals surface area contributed by atoms with Crippen molar-refractivity contribution in [2.45, 2.75) is 19.0 Å². The van der Waals surface area contributed by atoms with Gasteiger partial charge in [-0.25, -0.2) is 9.37 Å². The fraction of sp³-hybridized carbons (Fsp3) is 0.259. The molecule has 1 N–H and O–H groups in total. The number of nitrogens with zero attached hydrogens (tertiary/aromatic N) is 4. The van der Waals surface area contributed by atoms with E-state index in [1.165, 1.54) is 6.07 Å². The summed E-state index contributed by atoms with van der Waals surface area (Å²) >= 11 is 6.23. The summed E-state index contributed by atoms with van der Waals surface area (Å²) in [6.45, 7) is 2.14. The number of likely N-dealkylation sites (tertiary alicyclic amines) is 1. The number of para-hydroxylation sites is 1. The van der Waals surface area contributed by atoms with Crippen LogP contribution in [0.4, 0.5) is 21.5 Å². The van der Waals surface area contributed by atoms with Gasteiger partial charge < -0.3 is 15.1 Å². The lowest BCUT2D eigenvalue weighted by Crippen LogP contribution is -2.44. The molecule has 2 aromatic heterocycles. The van der Waals surface area contributed by atoms with Crippen molar-refractivity contribution in [3.63, 3.8) is 0 Å². The molecular formula is C27H25ClFN5. The predicted molar refractivity (Wildman–Crippen MR) is 136 cm³/mol. The Hall–Kier alpha value is -3.22. The molecule has 0 bridgehead atoms. The molecule has 0 radical (unpaired) electrons. The van der Waals surface area contributed by atoms with Gasteiger partial charge in [-0.05, 0) is 69.4 Å². The van der Waals surface area contributed by atoms with Gasteiger partial charge in [0, 0.05) is 28.1 Å². The molecule has 1 fully saturated rings. The van der Waals surface area contributed by atoms with Crippen molar-refractivity contribution in [1.29, 1.82) is 0 Å². The Morgan fingerprint density at radius 2 is 1.85 bits per heavy atom. The maximum Gasteiger partial charge on any atom is 0.132 e. The van der Waals surface area contributed by atoms with Crippen LogP contribution < -0.4 is 10.2 Å². The molecule has 0 spiro atoms. The molecule has 6 rings (SSSR count). The van der Waals surface area contributed by atoms with Crippen molar-refractivity contribution < 1.29 is 4.39 Å². The second-order valence-electron chi connectivity index (χ2n) is 9.16. The minimum absolute atomic E-state index is 0.0794. The first-order chi connectivity index (χ1) is 16.6. The predicted octanol–water partition coefficient (Wildman–Crippen LogP) is 6.32. The zero-order chi connectivity index (χ0) is 23.2. The zero-order valence-electron chi connectivity index (χ0n) is 18.9. The van der Waals surface area contributed by atoms with Crippen LogP contribution >= 0.6 is 11.6 Å². The molecule has 0 saturated carbocycles. The first kappa shape index (κ1) is 21.3. The number of benzene rings is 2. The summed E-state index contributed by atoms with van der Waals surface area (Å²) in [5.41, 5.74) is 4.88. The number of halogens is 2. The third-order valence-corrected chi connectivity index (χ3v) is 7.24. The van der Waals surface area contributed by atoms with Gasteiger partial charge in [-0.15, -0.1) is 0 Å². The minimum Gasteiger partial charge on any atom is -0.362 e. The lowest BCUT2D eigenvalue weighted by atomic mass is 9.93. The van der Waals surface area contributed by atoms with E-state index in [9.17, 15) is 4.39 Å². The van der Waals surface area contributed by atoms with E-state index in [4.69, 9.17) is 16.6 Å². The van der Waals surface area contributed by atoms with Gasteiger partial charge in [0.05, 0.1) is 34.5 Å². The second-order valence-corrected chi connectivity index (χ2v) is 9.60. The molecule has 0 amide bonds. The summed E-state index contributed by atoms with van der Waals surface area (Å²) in [6.07, 6.45) is 6.00. The molecule has 5 nitrogen and oxygen atoms in total.